The maximum absolute atomic E-state index is 12.4. The first-order valence-electron chi connectivity index (χ1n) is 9.22. The van der Waals surface area contributed by atoms with Gasteiger partial charge in [0.15, 0.2) is 0 Å². The molecular formula is C18H26BrN3OS. The molecule has 4 nitrogen and oxygen atoms in total. The Morgan fingerprint density at radius 3 is 2.21 bits per heavy atom. The van der Waals surface area contributed by atoms with Gasteiger partial charge in [0.1, 0.15) is 0 Å². The third kappa shape index (κ3) is 3.57. The lowest BCUT2D eigenvalue weighted by Crippen LogP contribution is -2.64. The van der Waals surface area contributed by atoms with Crippen molar-refractivity contribution in [3.8, 4) is 0 Å². The van der Waals surface area contributed by atoms with Crippen LogP contribution in [0, 0.1) is 0 Å². The van der Waals surface area contributed by atoms with E-state index >= 15 is 0 Å². The van der Waals surface area contributed by atoms with Crippen molar-refractivity contribution in [1.82, 2.24) is 14.7 Å². The number of hydrogen-bond donors (Lipinski definition) is 0. The largest absolute Gasteiger partial charge is 0.335 e. The lowest BCUT2D eigenvalue weighted by molar-refractivity contribution is -0.00242. The average Bonchev–Trinajstić information content (AvgIpc) is 3.01. The van der Waals surface area contributed by atoms with Gasteiger partial charge in [-0.3, -0.25) is 14.6 Å². The Bertz CT molecular complexity index is 573. The SMILES string of the molecule is O=C(c1cc(Br)cs1)N1CC(N2CCN(C3CCCCC3)CC2)C1. The number of carbonyl (C=O) groups is 1. The second-order valence-corrected chi connectivity index (χ2v) is 9.18. The van der Waals surface area contributed by atoms with E-state index < -0.39 is 0 Å². The molecule has 3 fully saturated rings. The normalized spacial score (nSPS) is 25.0. The molecule has 3 aliphatic rings. The number of carbonyl (C=O) groups excluding carboxylic acids is 1. The van der Waals surface area contributed by atoms with Crippen molar-refractivity contribution in [2.75, 3.05) is 39.3 Å². The molecular weight excluding hydrogens is 386 g/mol. The number of piperazine rings is 1. The first kappa shape index (κ1) is 17.0. The van der Waals surface area contributed by atoms with E-state index in [0.29, 0.717) is 6.04 Å². The monoisotopic (exact) mass is 411 g/mol. The van der Waals surface area contributed by atoms with E-state index in [1.807, 2.05) is 16.3 Å². The summed E-state index contributed by atoms with van der Waals surface area (Å²) in [6.45, 7) is 6.58. The number of likely N-dealkylation sites (tertiary alicyclic amines) is 1. The lowest BCUT2D eigenvalue weighted by Gasteiger charge is -2.49. The van der Waals surface area contributed by atoms with E-state index in [1.165, 1.54) is 69.6 Å². The highest BCUT2D eigenvalue weighted by atomic mass is 79.9. The minimum absolute atomic E-state index is 0.197. The second kappa shape index (κ2) is 7.44. The molecule has 24 heavy (non-hydrogen) atoms. The number of rotatable bonds is 3. The molecule has 0 N–H and O–H groups in total. The van der Waals surface area contributed by atoms with E-state index in [0.717, 1.165) is 28.5 Å². The van der Waals surface area contributed by atoms with Gasteiger partial charge in [-0.25, -0.2) is 0 Å². The molecule has 3 heterocycles. The van der Waals surface area contributed by atoms with Crippen molar-refractivity contribution < 1.29 is 4.79 Å². The highest BCUT2D eigenvalue weighted by Crippen LogP contribution is 2.27. The Balaban J connectivity index is 1.23. The Labute approximate surface area is 156 Å². The van der Waals surface area contributed by atoms with Crippen LogP contribution in [0.2, 0.25) is 0 Å². The summed E-state index contributed by atoms with van der Waals surface area (Å²) in [4.78, 5) is 20.6. The highest BCUT2D eigenvalue weighted by molar-refractivity contribution is 9.10. The third-order valence-corrected chi connectivity index (χ3v) is 7.56. The zero-order valence-corrected chi connectivity index (χ0v) is 16.5. The van der Waals surface area contributed by atoms with E-state index in [1.54, 1.807) is 0 Å². The third-order valence-electron chi connectivity index (χ3n) is 5.88. The molecule has 1 saturated carbocycles. The van der Waals surface area contributed by atoms with Crippen LogP contribution >= 0.6 is 27.3 Å². The van der Waals surface area contributed by atoms with Gasteiger partial charge < -0.3 is 4.90 Å². The Kier molecular flexibility index (Phi) is 5.27. The molecule has 6 heteroatoms. The zero-order valence-electron chi connectivity index (χ0n) is 14.1. The summed E-state index contributed by atoms with van der Waals surface area (Å²) in [5.74, 6) is 0.197. The Morgan fingerprint density at radius 2 is 1.62 bits per heavy atom. The van der Waals surface area contributed by atoms with Crippen molar-refractivity contribution in [2.24, 2.45) is 0 Å². The van der Waals surface area contributed by atoms with E-state index in [4.69, 9.17) is 0 Å². The first-order valence-corrected chi connectivity index (χ1v) is 10.9. The number of amides is 1. The summed E-state index contributed by atoms with van der Waals surface area (Å²) in [7, 11) is 0. The van der Waals surface area contributed by atoms with Gasteiger partial charge in [0.25, 0.3) is 5.91 Å². The molecule has 0 unspecified atom stereocenters. The van der Waals surface area contributed by atoms with Gasteiger partial charge in [-0.15, -0.1) is 11.3 Å². The standard InChI is InChI=1S/C18H26BrN3OS/c19-14-10-17(24-13-14)18(23)22-11-16(12-22)21-8-6-20(7-9-21)15-4-2-1-3-5-15/h10,13,15-16H,1-9,11-12H2. The van der Waals surface area contributed by atoms with Crippen molar-refractivity contribution in [2.45, 2.75) is 44.2 Å². The van der Waals surface area contributed by atoms with Crippen LogP contribution in [0.3, 0.4) is 0 Å². The van der Waals surface area contributed by atoms with Crippen LogP contribution in [0.4, 0.5) is 0 Å². The van der Waals surface area contributed by atoms with Gasteiger partial charge in [-0.1, -0.05) is 19.3 Å². The van der Waals surface area contributed by atoms with Gasteiger partial charge >= 0.3 is 0 Å². The van der Waals surface area contributed by atoms with Crippen molar-refractivity contribution in [3.63, 3.8) is 0 Å². The van der Waals surface area contributed by atoms with Gasteiger partial charge in [0.2, 0.25) is 0 Å². The summed E-state index contributed by atoms with van der Waals surface area (Å²) >= 11 is 4.96. The number of halogens is 1. The zero-order chi connectivity index (χ0) is 16.5. The van der Waals surface area contributed by atoms with Crippen LogP contribution in [0.5, 0.6) is 0 Å². The van der Waals surface area contributed by atoms with Gasteiger partial charge in [-0.05, 0) is 34.8 Å². The predicted molar refractivity (Wildman–Crippen MR) is 102 cm³/mol. The molecule has 1 aliphatic carbocycles. The second-order valence-electron chi connectivity index (χ2n) is 7.36. The predicted octanol–water partition coefficient (Wildman–Crippen LogP) is 3.29. The summed E-state index contributed by atoms with van der Waals surface area (Å²) in [6.07, 6.45) is 7.08. The van der Waals surface area contributed by atoms with Crippen LogP contribution in [0.1, 0.15) is 41.8 Å². The molecule has 1 amide bonds. The van der Waals surface area contributed by atoms with Crippen LogP contribution in [-0.4, -0.2) is 72.0 Å². The topological polar surface area (TPSA) is 26.8 Å². The lowest BCUT2D eigenvalue weighted by atomic mass is 9.93. The van der Waals surface area contributed by atoms with Gasteiger partial charge in [0, 0.05) is 61.2 Å². The molecule has 132 valence electrons. The molecule has 0 aromatic carbocycles. The summed E-state index contributed by atoms with van der Waals surface area (Å²) in [5.41, 5.74) is 0. The number of thiophene rings is 1. The fourth-order valence-corrected chi connectivity index (χ4v) is 5.74. The van der Waals surface area contributed by atoms with Crippen LogP contribution in [-0.2, 0) is 0 Å². The average molecular weight is 412 g/mol. The van der Waals surface area contributed by atoms with Gasteiger partial charge in [0.05, 0.1) is 4.88 Å². The van der Waals surface area contributed by atoms with Crippen molar-refractivity contribution >= 4 is 33.2 Å². The van der Waals surface area contributed by atoms with E-state index in [-0.39, 0.29) is 5.91 Å². The van der Waals surface area contributed by atoms with Crippen molar-refractivity contribution in [1.29, 1.82) is 0 Å². The van der Waals surface area contributed by atoms with Crippen LogP contribution < -0.4 is 0 Å². The van der Waals surface area contributed by atoms with E-state index in [9.17, 15) is 4.79 Å². The molecule has 2 aliphatic heterocycles. The number of nitrogens with zero attached hydrogens (tertiary/aromatic N) is 3. The molecule has 0 spiro atoms. The maximum Gasteiger partial charge on any atom is 0.264 e. The van der Waals surface area contributed by atoms with Crippen molar-refractivity contribution in [3.05, 3.63) is 20.8 Å². The molecule has 0 atom stereocenters. The number of hydrogen-bond acceptors (Lipinski definition) is 4. The molecule has 0 radical (unpaired) electrons. The maximum atomic E-state index is 12.4. The van der Waals surface area contributed by atoms with Crippen LogP contribution in [0.15, 0.2) is 15.9 Å². The van der Waals surface area contributed by atoms with Gasteiger partial charge in [-0.2, -0.15) is 0 Å². The minimum Gasteiger partial charge on any atom is -0.335 e. The summed E-state index contributed by atoms with van der Waals surface area (Å²) in [6, 6.07) is 3.35. The Morgan fingerprint density at radius 1 is 1.00 bits per heavy atom. The molecule has 2 saturated heterocycles. The molecule has 0 bridgehead atoms. The van der Waals surface area contributed by atoms with E-state index in [2.05, 4.69) is 25.7 Å². The smallest absolute Gasteiger partial charge is 0.264 e. The molecule has 1 aromatic rings. The quantitative estimate of drug-likeness (QED) is 0.763. The minimum atomic E-state index is 0.197. The fourth-order valence-electron chi connectivity index (χ4n) is 4.35. The van der Waals surface area contributed by atoms with Crippen LogP contribution in [0.25, 0.3) is 0 Å². The summed E-state index contributed by atoms with van der Waals surface area (Å²) < 4.78 is 1.01. The summed E-state index contributed by atoms with van der Waals surface area (Å²) in [5, 5.41) is 1.98. The molecule has 1 aromatic heterocycles. The first-order chi connectivity index (χ1) is 11.7. The highest BCUT2D eigenvalue weighted by Gasteiger charge is 2.37. The fraction of sp³-hybridized carbons (Fsp3) is 0.722. The molecule has 4 rings (SSSR count). The Hall–Kier alpha value is -0.430.